The molecule has 1 aromatic rings. The number of aliphatic imine (C=N–C) groups is 1. The second-order valence-corrected chi connectivity index (χ2v) is 3.02. The molecule has 3 N–H and O–H groups in total. The Bertz CT molecular complexity index is 352. The summed E-state index contributed by atoms with van der Waals surface area (Å²) in [5, 5.41) is 0. The van der Waals surface area contributed by atoms with Crippen LogP contribution in [0.4, 0.5) is 5.82 Å². The van der Waals surface area contributed by atoms with E-state index in [-0.39, 0.29) is 0 Å². The number of anilines is 1. The van der Waals surface area contributed by atoms with Gasteiger partial charge in [-0.1, -0.05) is 0 Å². The number of nitrogens with one attached hydrogen (secondary N) is 1. The lowest BCUT2D eigenvalue weighted by Crippen LogP contribution is -2.38. The van der Waals surface area contributed by atoms with Crippen molar-refractivity contribution in [2.24, 2.45) is 17.9 Å². The minimum absolute atomic E-state index is 0.587. The molecule has 0 bridgehead atoms. The molecule has 13 heavy (non-hydrogen) atoms. The van der Waals surface area contributed by atoms with E-state index in [1.807, 2.05) is 23.6 Å². The first-order valence-corrected chi connectivity index (χ1v) is 3.98. The zero-order chi connectivity index (χ0) is 9.42. The molecule has 2 rings (SSSR count). The van der Waals surface area contributed by atoms with Gasteiger partial charge in [0, 0.05) is 14.1 Å². The summed E-state index contributed by atoms with van der Waals surface area (Å²) >= 11 is 0. The maximum absolute atomic E-state index is 5.35. The van der Waals surface area contributed by atoms with Gasteiger partial charge >= 0.3 is 0 Å². The van der Waals surface area contributed by atoms with Crippen LogP contribution in [0.1, 0.15) is 5.69 Å². The smallest absolute Gasteiger partial charge is 0.165 e. The molecule has 0 saturated heterocycles. The molecule has 0 spiro atoms. The first-order chi connectivity index (χ1) is 6.24. The highest BCUT2D eigenvalue weighted by molar-refractivity contribution is 6.02. The van der Waals surface area contributed by atoms with Gasteiger partial charge in [-0.15, -0.1) is 0 Å². The fraction of sp³-hybridized carbons (Fsp3) is 0.429. The van der Waals surface area contributed by atoms with Gasteiger partial charge in [-0.3, -0.25) is 0 Å². The van der Waals surface area contributed by atoms with Crippen LogP contribution in [-0.4, -0.2) is 29.1 Å². The molecule has 0 aliphatic carbocycles. The number of rotatable bonds is 0. The molecule has 0 fully saturated rings. The number of imidazole rings is 1. The van der Waals surface area contributed by atoms with E-state index < -0.39 is 0 Å². The van der Waals surface area contributed by atoms with Crippen LogP contribution in [0.3, 0.4) is 0 Å². The molecule has 2 heterocycles. The maximum atomic E-state index is 5.35. The predicted octanol–water partition coefficient (Wildman–Crippen LogP) is -0.963. The van der Waals surface area contributed by atoms with Crippen molar-refractivity contribution in [3.8, 4) is 0 Å². The Morgan fingerprint density at radius 3 is 3.00 bits per heavy atom. The highest BCUT2D eigenvalue weighted by Crippen LogP contribution is 2.19. The average Bonchev–Trinajstić information content (AvgIpc) is 2.51. The molecule has 0 atom stereocenters. The van der Waals surface area contributed by atoms with Crippen molar-refractivity contribution < 1.29 is 0 Å². The summed E-state index contributed by atoms with van der Waals surface area (Å²) in [6.45, 7) is 0.587. The van der Waals surface area contributed by atoms with Gasteiger partial charge in [0.25, 0.3) is 0 Å². The number of nitrogens with zero attached hydrogens (tertiary/aromatic N) is 4. The third-order valence-corrected chi connectivity index (χ3v) is 2.08. The van der Waals surface area contributed by atoms with E-state index in [0.29, 0.717) is 12.5 Å². The average molecular weight is 180 g/mol. The predicted molar refractivity (Wildman–Crippen MR) is 50.3 cm³/mol. The fourth-order valence-electron chi connectivity index (χ4n) is 1.40. The number of amidine groups is 1. The van der Waals surface area contributed by atoms with E-state index in [1.165, 1.54) is 0 Å². The standard InChI is InChI=1S/C7H12N6/c1-12-4-10-7-5(12)6(11-8)9-3-13(7)2/h4H,3,8H2,1-2H3,(H,9,11). The zero-order valence-electron chi connectivity index (χ0n) is 7.65. The number of hydrazine groups is 1. The van der Waals surface area contributed by atoms with Crippen LogP contribution in [0, 0.1) is 0 Å². The lowest BCUT2D eigenvalue weighted by atomic mass is 10.3. The number of hydrogen-bond donors (Lipinski definition) is 2. The van der Waals surface area contributed by atoms with E-state index in [0.717, 1.165) is 11.5 Å². The molecule has 0 aromatic carbocycles. The van der Waals surface area contributed by atoms with Crippen LogP contribution in [0.2, 0.25) is 0 Å². The molecule has 6 heteroatoms. The number of aromatic nitrogens is 2. The normalized spacial score (nSPS) is 15.3. The van der Waals surface area contributed by atoms with Gasteiger partial charge < -0.3 is 14.9 Å². The number of fused-ring (bicyclic) bond motifs is 1. The van der Waals surface area contributed by atoms with Gasteiger partial charge in [-0.25, -0.2) is 15.8 Å². The van der Waals surface area contributed by atoms with Crippen molar-refractivity contribution in [2.45, 2.75) is 0 Å². The summed E-state index contributed by atoms with van der Waals surface area (Å²) in [6, 6.07) is 0. The minimum atomic E-state index is 0.587. The third-order valence-electron chi connectivity index (χ3n) is 2.08. The van der Waals surface area contributed by atoms with Crippen molar-refractivity contribution in [1.29, 1.82) is 0 Å². The van der Waals surface area contributed by atoms with Gasteiger partial charge in [0.1, 0.15) is 12.4 Å². The second-order valence-electron chi connectivity index (χ2n) is 3.02. The van der Waals surface area contributed by atoms with E-state index in [9.17, 15) is 0 Å². The summed E-state index contributed by atoms with van der Waals surface area (Å²) in [7, 11) is 3.86. The van der Waals surface area contributed by atoms with Gasteiger partial charge in [0.05, 0.1) is 6.33 Å². The largest absolute Gasteiger partial charge is 0.338 e. The molecule has 0 amide bonds. The van der Waals surface area contributed by atoms with Crippen molar-refractivity contribution in [3.05, 3.63) is 12.0 Å². The van der Waals surface area contributed by atoms with Crippen LogP contribution in [-0.2, 0) is 7.05 Å². The Labute approximate surface area is 76.0 Å². The van der Waals surface area contributed by atoms with Crippen molar-refractivity contribution >= 4 is 11.7 Å². The van der Waals surface area contributed by atoms with Gasteiger partial charge in [0.15, 0.2) is 11.7 Å². The monoisotopic (exact) mass is 180 g/mol. The number of hydrogen-bond acceptors (Lipinski definition) is 5. The third kappa shape index (κ3) is 1.06. The lowest BCUT2D eigenvalue weighted by Gasteiger charge is -2.22. The molecule has 0 saturated carbocycles. The Hall–Kier alpha value is -1.56. The molecule has 1 aliphatic heterocycles. The summed E-state index contributed by atoms with van der Waals surface area (Å²) in [6.07, 6.45) is 1.75. The highest BCUT2D eigenvalue weighted by Gasteiger charge is 2.21. The Morgan fingerprint density at radius 1 is 1.54 bits per heavy atom. The lowest BCUT2D eigenvalue weighted by molar-refractivity contribution is 0.839. The molecule has 70 valence electrons. The van der Waals surface area contributed by atoms with Crippen LogP contribution in [0.15, 0.2) is 11.3 Å². The first kappa shape index (κ1) is 8.06. The zero-order valence-corrected chi connectivity index (χ0v) is 7.65. The van der Waals surface area contributed by atoms with E-state index in [1.54, 1.807) is 6.33 Å². The first-order valence-electron chi connectivity index (χ1n) is 3.98. The fourth-order valence-corrected chi connectivity index (χ4v) is 1.40. The summed E-state index contributed by atoms with van der Waals surface area (Å²) in [4.78, 5) is 10.5. The summed E-state index contributed by atoms with van der Waals surface area (Å²) < 4.78 is 1.89. The Kier molecular flexibility index (Phi) is 1.70. The van der Waals surface area contributed by atoms with E-state index in [2.05, 4.69) is 15.4 Å². The SMILES string of the molecule is CN1CN=C(NN)c2c1ncn2C. The molecule has 6 nitrogen and oxygen atoms in total. The Morgan fingerprint density at radius 2 is 2.31 bits per heavy atom. The van der Waals surface area contributed by atoms with Crippen molar-refractivity contribution in [3.63, 3.8) is 0 Å². The quantitative estimate of drug-likeness (QED) is 0.398. The summed E-state index contributed by atoms with van der Waals surface area (Å²) in [5.41, 5.74) is 3.50. The number of nitrogens with two attached hydrogens (primary N) is 1. The van der Waals surface area contributed by atoms with Crippen LogP contribution in [0.5, 0.6) is 0 Å². The maximum Gasteiger partial charge on any atom is 0.165 e. The van der Waals surface area contributed by atoms with Crippen LogP contribution < -0.4 is 16.2 Å². The number of aryl methyl sites for hydroxylation is 1. The van der Waals surface area contributed by atoms with Crippen LogP contribution in [0.25, 0.3) is 0 Å². The van der Waals surface area contributed by atoms with Gasteiger partial charge in [-0.2, -0.15) is 0 Å². The molecular weight excluding hydrogens is 168 g/mol. The van der Waals surface area contributed by atoms with E-state index >= 15 is 0 Å². The molecule has 0 unspecified atom stereocenters. The molecule has 0 radical (unpaired) electrons. The van der Waals surface area contributed by atoms with Gasteiger partial charge in [0.2, 0.25) is 0 Å². The molecule has 1 aliphatic rings. The van der Waals surface area contributed by atoms with E-state index in [4.69, 9.17) is 5.84 Å². The van der Waals surface area contributed by atoms with Crippen LogP contribution >= 0.6 is 0 Å². The Balaban J connectivity index is 2.55. The summed E-state index contributed by atoms with van der Waals surface area (Å²) in [5.74, 6) is 6.95. The van der Waals surface area contributed by atoms with Crippen molar-refractivity contribution in [2.75, 3.05) is 18.6 Å². The van der Waals surface area contributed by atoms with Gasteiger partial charge in [-0.05, 0) is 0 Å². The molecule has 1 aromatic heterocycles. The topological polar surface area (TPSA) is 71.5 Å². The minimum Gasteiger partial charge on any atom is -0.338 e. The second kappa shape index (κ2) is 2.74. The van der Waals surface area contributed by atoms with Crippen molar-refractivity contribution in [1.82, 2.24) is 15.0 Å². The highest BCUT2D eigenvalue weighted by atomic mass is 15.3. The molecular formula is C7H12N6.